The minimum absolute atomic E-state index is 0.0611. The minimum Gasteiger partial charge on any atom is -0.489 e. The van der Waals surface area contributed by atoms with Gasteiger partial charge in [-0.15, -0.1) is 0 Å². The summed E-state index contributed by atoms with van der Waals surface area (Å²) in [5.74, 6) is 1.72. The number of pyridine rings is 1. The Balaban J connectivity index is 1.02. The predicted molar refractivity (Wildman–Crippen MR) is 173 cm³/mol. The Kier molecular flexibility index (Phi) is 9.66. The molecule has 6 rings (SSSR count). The largest absolute Gasteiger partial charge is 0.489 e. The molecule has 0 radical (unpaired) electrons. The molecular formula is C32H40N8O5S. The average Bonchev–Trinajstić information content (AvgIpc) is 3.44. The van der Waals surface area contributed by atoms with Crippen molar-refractivity contribution in [3.8, 4) is 11.4 Å². The highest BCUT2D eigenvalue weighted by atomic mass is 32.2. The number of rotatable bonds is 12. The summed E-state index contributed by atoms with van der Waals surface area (Å²) in [6.45, 7) is 1.42. The molecule has 0 spiro atoms. The Bertz CT molecular complexity index is 1780. The predicted octanol–water partition coefficient (Wildman–Crippen LogP) is 3.19. The summed E-state index contributed by atoms with van der Waals surface area (Å²) in [5, 5.41) is 21.7. The van der Waals surface area contributed by atoms with Crippen LogP contribution in [0.5, 0.6) is 5.75 Å². The van der Waals surface area contributed by atoms with Gasteiger partial charge in [0, 0.05) is 37.1 Å². The maximum Gasteiger partial charge on any atom is 0.368 e. The zero-order chi connectivity index (χ0) is 32.1. The molecule has 2 aliphatic rings. The number of nitrogens with zero attached hydrogens (tertiary/aromatic N) is 5. The van der Waals surface area contributed by atoms with Crippen LogP contribution < -0.4 is 26.2 Å². The second kappa shape index (κ2) is 14.0. The first-order valence-corrected chi connectivity index (χ1v) is 17.3. The highest BCUT2D eigenvalue weighted by Gasteiger charge is 2.22. The van der Waals surface area contributed by atoms with E-state index in [4.69, 9.17) is 10.5 Å². The molecule has 0 bridgehead atoms. The summed E-state index contributed by atoms with van der Waals surface area (Å²) in [6, 6.07) is 14.6. The van der Waals surface area contributed by atoms with Crippen molar-refractivity contribution in [2.24, 2.45) is 5.92 Å². The molecule has 0 amide bonds. The summed E-state index contributed by atoms with van der Waals surface area (Å²) in [4.78, 5) is 17.0. The smallest absolute Gasteiger partial charge is 0.368 e. The molecule has 3 heterocycles. The van der Waals surface area contributed by atoms with Crippen molar-refractivity contribution in [1.29, 1.82) is 0 Å². The molecule has 46 heavy (non-hydrogen) atoms. The van der Waals surface area contributed by atoms with E-state index in [0.29, 0.717) is 60.5 Å². The van der Waals surface area contributed by atoms with Crippen molar-refractivity contribution in [1.82, 2.24) is 30.1 Å². The lowest BCUT2D eigenvalue weighted by Crippen LogP contribution is -2.36. The second-order valence-corrected chi connectivity index (χ2v) is 13.8. The van der Waals surface area contributed by atoms with E-state index >= 15 is 0 Å². The molecule has 14 heteroatoms. The highest BCUT2D eigenvalue weighted by Crippen LogP contribution is 2.31. The third-order valence-corrected chi connectivity index (χ3v) is 10.1. The Morgan fingerprint density at radius 3 is 2.59 bits per heavy atom. The molecule has 13 nitrogen and oxygen atoms in total. The SMILES string of the molecule is Nc1ccc(C(O)CNCC2CCc3cc(NS(=O)(=O)c4ccc(-n5nnn(CCC6CCCCC6)c5=O)cc4)ccc3O2)cn1. The number of sulfonamides is 1. The number of hydrogen-bond donors (Lipinski definition) is 4. The van der Waals surface area contributed by atoms with Crippen molar-refractivity contribution >= 4 is 21.5 Å². The number of aliphatic hydroxyl groups is 1. The van der Waals surface area contributed by atoms with E-state index in [-0.39, 0.29) is 16.7 Å². The molecule has 2 aromatic heterocycles. The zero-order valence-corrected chi connectivity index (χ0v) is 26.4. The van der Waals surface area contributed by atoms with Gasteiger partial charge in [0.25, 0.3) is 10.0 Å². The second-order valence-electron chi connectivity index (χ2n) is 12.1. The van der Waals surface area contributed by atoms with Gasteiger partial charge < -0.3 is 20.9 Å². The number of aromatic nitrogens is 5. The fraction of sp³-hybridized carbons (Fsp3) is 0.438. The molecule has 1 aliphatic heterocycles. The fourth-order valence-corrected chi connectivity index (χ4v) is 7.15. The van der Waals surface area contributed by atoms with Crippen LogP contribution in [0.25, 0.3) is 5.69 Å². The number of anilines is 2. The Hall–Kier alpha value is -4.27. The van der Waals surface area contributed by atoms with Crippen LogP contribution in [-0.4, -0.2) is 57.5 Å². The Labute approximate surface area is 267 Å². The average molecular weight is 649 g/mol. The molecule has 1 saturated carbocycles. The number of aliphatic hydroxyl groups excluding tert-OH is 1. The summed E-state index contributed by atoms with van der Waals surface area (Å²) < 4.78 is 37.7. The van der Waals surface area contributed by atoms with E-state index in [1.807, 2.05) is 0 Å². The van der Waals surface area contributed by atoms with Crippen LogP contribution in [0.4, 0.5) is 11.5 Å². The number of aryl methyl sites for hydroxylation is 2. The van der Waals surface area contributed by atoms with Gasteiger partial charge >= 0.3 is 5.69 Å². The lowest BCUT2D eigenvalue weighted by molar-refractivity contribution is 0.146. The first kappa shape index (κ1) is 31.7. The highest BCUT2D eigenvalue weighted by molar-refractivity contribution is 7.92. The maximum atomic E-state index is 13.2. The van der Waals surface area contributed by atoms with Gasteiger partial charge in [-0.25, -0.2) is 18.2 Å². The third-order valence-electron chi connectivity index (χ3n) is 8.75. The topological polar surface area (TPSA) is 179 Å². The van der Waals surface area contributed by atoms with Crippen LogP contribution in [-0.2, 0) is 23.0 Å². The molecule has 0 saturated heterocycles. The Morgan fingerprint density at radius 1 is 1.02 bits per heavy atom. The van der Waals surface area contributed by atoms with E-state index in [0.717, 1.165) is 18.4 Å². The van der Waals surface area contributed by atoms with Crippen molar-refractivity contribution < 1.29 is 18.3 Å². The van der Waals surface area contributed by atoms with Gasteiger partial charge in [-0.05, 0) is 89.7 Å². The first-order valence-electron chi connectivity index (χ1n) is 15.8. The maximum absolute atomic E-state index is 13.2. The summed E-state index contributed by atoms with van der Waals surface area (Å²) >= 11 is 0. The number of hydrogen-bond acceptors (Lipinski definition) is 10. The number of nitrogens with two attached hydrogens (primary N) is 1. The van der Waals surface area contributed by atoms with Crippen LogP contribution in [0.3, 0.4) is 0 Å². The van der Waals surface area contributed by atoms with Gasteiger partial charge in [-0.3, -0.25) is 4.72 Å². The third kappa shape index (κ3) is 7.57. The quantitative estimate of drug-likeness (QED) is 0.178. The number of fused-ring (bicyclic) bond motifs is 1. The lowest BCUT2D eigenvalue weighted by atomic mass is 9.87. The normalized spacial score (nSPS) is 17.6. The molecule has 1 fully saturated rings. The number of nitrogen functional groups attached to an aromatic ring is 1. The van der Waals surface area contributed by atoms with Crippen LogP contribution in [0.1, 0.15) is 62.2 Å². The molecule has 2 unspecified atom stereocenters. The minimum atomic E-state index is -3.89. The van der Waals surface area contributed by atoms with E-state index in [1.54, 1.807) is 48.7 Å². The van der Waals surface area contributed by atoms with E-state index < -0.39 is 16.1 Å². The standard InChI is InChI=1S/C32H40N8O5S/c33-31-15-7-24(19-35-31)29(41)21-34-20-27-11-6-23-18-25(8-14-30(23)45-27)36-46(43,44)28-12-9-26(10-13-28)40-32(42)39(37-38-40)17-16-22-4-2-1-3-5-22/h7-10,12-15,18-19,22,27,29,34,36,41H,1-6,11,16-17,20-21H2,(H2,33,35). The van der Waals surface area contributed by atoms with Crippen molar-refractivity contribution in [3.63, 3.8) is 0 Å². The van der Waals surface area contributed by atoms with Gasteiger partial charge in [-0.2, -0.15) is 9.36 Å². The molecule has 4 aromatic rings. The fourth-order valence-electron chi connectivity index (χ4n) is 6.10. The van der Waals surface area contributed by atoms with Crippen molar-refractivity contribution in [2.75, 3.05) is 23.5 Å². The van der Waals surface area contributed by atoms with Crippen LogP contribution >= 0.6 is 0 Å². The number of nitrogens with one attached hydrogen (secondary N) is 2. The van der Waals surface area contributed by atoms with Gasteiger partial charge in [-0.1, -0.05) is 38.2 Å². The first-order chi connectivity index (χ1) is 22.2. The molecule has 2 atom stereocenters. The Morgan fingerprint density at radius 2 is 1.83 bits per heavy atom. The van der Waals surface area contributed by atoms with Crippen LogP contribution in [0.15, 0.2) is 70.5 Å². The molecule has 244 valence electrons. The van der Waals surface area contributed by atoms with Gasteiger partial charge in [0.05, 0.1) is 16.7 Å². The lowest BCUT2D eigenvalue weighted by Gasteiger charge is -2.27. The zero-order valence-electron chi connectivity index (χ0n) is 25.6. The van der Waals surface area contributed by atoms with Crippen molar-refractivity contribution in [3.05, 3.63) is 82.4 Å². The van der Waals surface area contributed by atoms with Gasteiger partial charge in [0.1, 0.15) is 17.7 Å². The molecular weight excluding hydrogens is 608 g/mol. The van der Waals surface area contributed by atoms with E-state index in [1.165, 1.54) is 53.6 Å². The van der Waals surface area contributed by atoms with Crippen molar-refractivity contribution in [2.45, 2.75) is 75.0 Å². The summed E-state index contributed by atoms with van der Waals surface area (Å²) in [5.41, 5.74) is 7.73. The number of ether oxygens (including phenoxy) is 1. The van der Waals surface area contributed by atoms with Gasteiger partial charge in [0.2, 0.25) is 0 Å². The van der Waals surface area contributed by atoms with Crippen LogP contribution in [0, 0.1) is 5.92 Å². The summed E-state index contributed by atoms with van der Waals surface area (Å²) in [7, 11) is -3.89. The molecule has 2 aromatic carbocycles. The summed E-state index contributed by atoms with van der Waals surface area (Å²) in [6.07, 6.45) is 9.29. The monoisotopic (exact) mass is 648 g/mol. The number of benzene rings is 2. The number of tetrazole rings is 1. The van der Waals surface area contributed by atoms with Gasteiger partial charge in [0.15, 0.2) is 0 Å². The molecule has 5 N–H and O–H groups in total. The van der Waals surface area contributed by atoms with Crippen LogP contribution in [0.2, 0.25) is 0 Å². The van der Waals surface area contributed by atoms with E-state index in [2.05, 4.69) is 25.4 Å². The van der Waals surface area contributed by atoms with E-state index in [9.17, 15) is 18.3 Å². The molecule has 1 aliphatic carbocycles.